The highest BCUT2D eigenvalue weighted by atomic mass is 32.2. The van der Waals surface area contributed by atoms with Gasteiger partial charge in [-0.1, -0.05) is 0 Å². The standard InChI is InChI=1S/C13H18N2O2S2/c1-2-17-13(16)11-10(8-3-4-8)15-12(19-11)9-7-18-6-5-14-9/h8-9,14H,2-7H2,1H3. The number of esters is 1. The third-order valence-corrected chi connectivity index (χ3v) is 5.54. The van der Waals surface area contributed by atoms with Crippen molar-refractivity contribution in [3.05, 3.63) is 15.6 Å². The van der Waals surface area contributed by atoms with Crippen molar-refractivity contribution < 1.29 is 9.53 Å². The molecule has 1 atom stereocenters. The highest BCUT2D eigenvalue weighted by Gasteiger charge is 2.34. The van der Waals surface area contributed by atoms with Gasteiger partial charge in [0.25, 0.3) is 0 Å². The van der Waals surface area contributed by atoms with Crippen molar-refractivity contribution in [3.63, 3.8) is 0 Å². The lowest BCUT2D eigenvalue weighted by atomic mass is 10.2. The number of nitrogens with zero attached hydrogens (tertiary/aromatic N) is 1. The van der Waals surface area contributed by atoms with Crippen molar-refractivity contribution >= 4 is 29.1 Å². The van der Waals surface area contributed by atoms with Gasteiger partial charge in [-0.3, -0.25) is 0 Å². The number of rotatable bonds is 4. The van der Waals surface area contributed by atoms with Crippen LogP contribution in [-0.2, 0) is 4.74 Å². The van der Waals surface area contributed by atoms with Gasteiger partial charge in [0.1, 0.15) is 9.88 Å². The minimum absolute atomic E-state index is 0.198. The molecule has 1 saturated carbocycles. The number of carbonyl (C=O) groups excluding carboxylic acids is 1. The van der Waals surface area contributed by atoms with E-state index in [0.717, 1.165) is 46.5 Å². The summed E-state index contributed by atoms with van der Waals surface area (Å²) in [4.78, 5) is 17.5. The minimum atomic E-state index is -0.198. The van der Waals surface area contributed by atoms with Crippen LogP contribution in [-0.4, -0.2) is 35.6 Å². The maximum absolute atomic E-state index is 12.0. The summed E-state index contributed by atoms with van der Waals surface area (Å²) in [6.45, 7) is 3.28. The molecule has 1 N–H and O–H groups in total. The molecular formula is C13H18N2O2S2. The lowest BCUT2D eigenvalue weighted by Crippen LogP contribution is -2.30. The van der Waals surface area contributed by atoms with Crippen LogP contribution in [0.3, 0.4) is 0 Å². The second kappa shape index (κ2) is 5.81. The van der Waals surface area contributed by atoms with Gasteiger partial charge in [-0.25, -0.2) is 9.78 Å². The van der Waals surface area contributed by atoms with Crippen molar-refractivity contribution in [2.45, 2.75) is 31.7 Å². The average molecular weight is 298 g/mol. The fourth-order valence-electron chi connectivity index (χ4n) is 2.20. The molecule has 2 fully saturated rings. The molecule has 0 bridgehead atoms. The molecule has 1 aromatic heterocycles. The van der Waals surface area contributed by atoms with E-state index < -0.39 is 0 Å². The Morgan fingerprint density at radius 3 is 3.00 bits per heavy atom. The summed E-state index contributed by atoms with van der Waals surface area (Å²) in [7, 11) is 0. The first-order chi connectivity index (χ1) is 9.29. The van der Waals surface area contributed by atoms with Crippen molar-refractivity contribution in [3.8, 4) is 0 Å². The Hall–Kier alpha value is -0.590. The Labute approximate surface area is 121 Å². The number of aromatic nitrogens is 1. The summed E-state index contributed by atoms with van der Waals surface area (Å²) in [6, 6.07) is 0.296. The van der Waals surface area contributed by atoms with Gasteiger partial charge < -0.3 is 10.1 Å². The zero-order valence-corrected chi connectivity index (χ0v) is 12.6. The van der Waals surface area contributed by atoms with Crippen LogP contribution in [0.1, 0.15) is 52.1 Å². The maximum Gasteiger partial charge on any atom is 0.350 e. The monoisotopic (exact) mass is 298 g/mol. The van der Waals surface area contributed by atoms with E-state index in [1.54, 1.807) is 0 Å². The predicted octanol–water partition coefficient (Wildman–Crippen LogP) is 2.57. The van der Waals surface area contributed by atoms with Crippen LogP contribution in [0.4, 0.5) is 0 Å². The highest BCUT2D eigenvalue weighted by molar-refractivity contribution is 7.99. The molecular weight excluding hydrogens is 280 g/mol. The molecule has 0 amide bonds. The molecule has 2 aliphatic rings. The molecule has 1 aromatic rings. The van der Waals surface area contributed by atoms with Gasteiger partial charge in [0.15, 0.2) is 0 Å². The van der Waals surface area contributed by atoms with E-state index in [0.29, 0.717) is 18.6 Å². The van der Waals surface area contributed by atoms with Crippen LogP contribution in [0.25, 0.3) is 0 Å². The smallest absolute Gasteiger partial charge is 0.350 e. The van der Waals surface area contributed by atoms with Gasteiger partial charge >= 0.3 is 5.97 Å². The van der Waals surface area contributed by atoms with E-state index >= 15 is 0 Å². The molecule has 1 aliphatic carbocycles. The summed E-state index contributed by atoms with van der Waals surface area (Å²) >= 11 is 3.46. The van der Waals surface area contributed by atoms with Crippen molar-refractivity contribution in [1.29, 1.82) is 0 Å². The predicted molar refractivity (Wildman–Crippen MR) is 78.1 cm³/mol. The van der Waals surface area contributed by atoms with Crippen molar-refractivity contribution in [1.82, 2.24) is 10.3 Å². The number of ether oxygens (including phenoxy) is 1. The largest absolute Gasteiger partial charge is 0.462 e. The first-order valence-electron chi connectivity index (χ1n) is 6.78. The van der Waals surface area contributed by atoms with E-state index in [-0.39, 0.29) is 5.97 Å². The molecule has 19 heavy (non-hydrogen) atoms. The van der Waals surface area contributed by atoms with Crippen molar-refractivity contribution in [2.24, 2.45) is 0 Å². The van der Waals surface area contributed by atoms with Gasteiger partial charge in [-0.05, 0) is 19.8 Å². The SMILES string of the molecule is CCOC(=O)c1sc(C2CSCCN2)nc1C1CC1. The maximum atomic E-state index is 12.0. The first kappa shape index (κ1) is 13.4. The van der Waals surface area contributed by atoms with E-state index in [1.165, 1.54) is 11.3 Å². The normalized spacial score (nSPS) is 23.3. The topological polar surface area (TPSA) is 51.2 Å². The van der Waals surface area contributed by atoms with Gasteiger partial charge in [0.05, 0.1) is 18.3 Å². The third-order valence-electron chi connectivity index (χ3n) is 3.31. The molecule has 2 heterocycles. The average Bonchev–Trinajstić information content (AvgIpc) is 3.19. The molecule has 0 aromatic carbocycles. The van der Waals surface area contributed by atoms with E-state index in [4.69, 9.17) is 9.72 Å². The summed E-state index contributed by atoms with van der Waals surface area (Å²) in [5, 5.41) is 4.53. The number of hydrogen-bond acceptors (Lipinski definition) is 6. The van der Waals surface area contributed by atoms with Crippen LogP contribution >= 0.6 is 23.1 Å². The van der Waals surface area contributed by atoms with Gasteiger partial charge in [0.2, 0.25) is 0 Å². The molecule has 3 rings (SSSR count). The fourth-order valence-corrected chi connectivity index (χ4v) is 4.37. The Kier molecular flexibility index (Phi) is 4.10. The zero-order chi connectivity index (χ0) is 13.2. The number of thiazole rings is 1. The highest BCUT2D eigenvalue weighted by Crippen LogP contribution is 2.44. The Balaban J connectivity index is 1.85. The summed E-state index contributed by atoms with van der Waals surface area (Å²) in [6.07, 6.45) is 2.31. The molecule has 1 aliphatic heterocycles. The van der Waals surface area contributed by atoms with E-state index in [1.807, 2.05) is 18.7 Å². The summed E-state index contributed by atoms with van der Waals surface area (Å²) in [5.41, 5.74) is 0.982. The molecule has 4 nitrogen and oxygen atoms in total. The van der Waals surface area contributed by atoms with Crippen molar-refractivity contribution in [2.75, 3.05) is 24.7 Å². The van der Waals surface area contributed by atoms with Crippen LogP contribution < -0.4 is 5.32 Å². The van der Waals surface area contributed by atoms with Crippen LogP contribution in [0.2, 0.25) is 0 Å². The lowest BCUT2D eigenvalue weighted by Gasteiger charge is -2.20. The summed E-state index contributed by atoms with van der Waals surface area (Å²) in [5.74, 6) is 2.49. The van der Waals surface area contributed by atoms with E-state index in [2.05, 4.69) is 5.32 Å². The molecule has 1 saturated heterocycles. The lowest BCUT2D eigenvalue weighted by molar-refractivity contribution is 0.0530. The number of nitrogens with one attached hydrogen (secondary N) is 1. The molecule has 1 unspecified atom stereocenters. The van der Waals surface area contributed by atoms with Crippen LogP contribution in [0.5, 0.6) is 0 Å². The number of thioether (sulfide) groups is 1. The Morgan fingerprint density at radius 2 is 2.37 bits per heavy atom. The Bertz CT molecular complexity index is 465. The molecule has 0 radical (unpaired) electrons. The fraction of sp³-hybridized carbons (Fsp3) is 0.692. The third kappa shape index (κ3) is 2.95. The second-order valence-corrected chi connectivity index (χ2v) is 7.02. The minimum Gasteiger partial charge on any atom is -0.462 e. The van der Waals surface area contributed by atoms with E-state index in [9.17, 15) is 4.79 Å². The number of hydrogen-bond donors (Lipinski definition) is 1. The summed E-state index contributed by atoms with van der Waals surface area (Å²) < 4.78 is 5.15. The first-order valence-corrected chi connectivity index (χ1v) is 8.75. The quantitative estimate of drug-likeness (QED) is 0.866. The second-order valence-electron chi connectivity index (χ2n) is 4.84. The molecule has 104 valence electrons. The number of carbonyl (C=O) groups is 1. The van der Waals surface area contributed by atoms with Crippen LogP contribution in [0, 0.1) is 0 Å². The molecule has 6 heteroatoms. The van der Waals surface area contributed by atoms with Gasteiger partial charge in [-0.2, -0.15) is 11.8 Å². The Morgan fingerprint density at radius 1 is 1.53 bits per heavy atom. The van der Waals surface area contributed by atoms with Gasteiger partial charge in [-0.15, -0.1) is 11.3 Å². The van der Waals surface area contributed by atoms with Gasteiger partial charge in [0, 0.05) is 24.0 Å². The zero-order valence-electron chi connectivity index (χ0n) is 11.0. The molecule has 0 spiro atoms. The van der Waals surface area contributed by atoms with Crippen LogP contribution in [0.15, 0.2) is 0 Å².